The Bertz CT molecular complexity index is 258. The minimum absolute atomic E-state index is 0.253. The van der Waals surface area contributed by atoms with Gasteiger partial charge in [-0.1, -0.05) is 0 Å². The van der Waals surface area contributed by atoms with E-state index in [9.17, 15) is 4.79 Å². The average molecular weight is 184 g/mol. The van der Waals surface area contributed by atoms with Gasteiger partial charge in [0.2, 0.25) is 6.33 Å². The Kier molecular flexibility index (Phi) is 3.45. The van der Waals surface area contributed by atoms with Crippen LogP contribution in [-0.2, 0) is 16.0 Å². The van der Waals surface area contributed by atoms with Crippen LogP contribution in [0.2, 0.25) is 0 Å². The molecule has 1 rings (SSSR count). The maximum absolute atomic E-state index is 11.2. The van der Waals surface area contributed by atoms with E-state index in [0.717, 1.165) is 5.69 Å². The monoisotopic (exact) mass is 184 g/mol. The van der Waals surface area contributed by atoms with E-state index in [1.165, 1.54) is 7.11 Å². The number of hydrogen-bond donors (Lipinski definition) is 2. The summed E-state index contributed by atoms with van der Waals surface area (Å²) in [6.07, 6.45) is 4.11. The second-order valence-electron chi connectivity index (χ2n) is 2.69. The first kappa shape index (κ1) is 9.73. The summed E-state index contributed by atoms with van der Waals surface area (Å²) in [7, 11) is 3.11. The van der Waals surface area contributed by atoms with Crippen LogP contribution < -0.4 is 10.3 Å². The molecule has 0 amide bonds. The van der Waals surface area contributed by atoms with Crippen LogP contribution in [0.25, 0.3) is 0 Å². The molecular weight excluding hydrogens is 170 g/mol. The fraction of sp³-hybridized carbons (Fsp3) is 0.500. The van der Waals surface area contributed by atoms with Crippen LogP contribution in [-0.4, -0.2) is 31.2 Å². The zero-order valence-corrected chi connectivity index (χ0v) is 7.76. The molecule has 0 aliphatic rings. The van der Waals surface area contributed by atoms with Crippen LogP contribution in [0.3, 0.4) is 0 Å². The fourth-order valence-electron chi connectivity index (χ4n) is 1.10. The molecule has 0 spiro atoms. The van der Waals surface area contributed by atoms with E-state index in [1.807, 2.05) is 6.20 Å². The predicted molar refractivity (Wildman–Crippen MR) is 45.9 cm³/mol. The van der Waals surface area contributed by atoms with E-state index in [1.54, 1.807) is 13.4 Å². The van der Waals surface area contributed by atoms with Crippen LogP contribution in [0.1, 0.15) is 5.69 Å². The molecule has 0 radical (unpaired) electrons. The summed E-state index contributed by atoms with van der Waals surface area (Å²) in [5.74, 6) is -0.253. The largest absolute Gasteiger partial charge is 0.468 e. The van der Waals surface area contributed by atoms with Crippen molar-refractivity contribution in [1.82, 2.24) is 10.3 Å². The normalized spacial score (nSPS) is 12.5. The lowest BCUT2D eigenvalue weighted by Gasteiger charge is -2.10. The van der Waals surface area contributed by atoms with Gasteiger partial charge in [0.15, 0.2) is 0 Å². The van der Waals surface area contributed by atoms with Gasteiger partial charge in [0.1, 0.15) is 17.9 Å². The van der Waals surface area contributed by atoms with E-state index in [4.69, 9.17) is 0 Å². The Balaban J connectivity index is 2.54. The summed E-state index contributed by atoms with van der Waals surface area (Å²) in [6.45, 7) is 0. The molecule has 13 heavy (non-hydrogen) atoms. The number of aromatic amines is 2. The number of carbonyl (C=O) groups is 1. The first-order valence-electron chi connectivity index (χ1n) is 4.06. The van der Waals surface area contributed by atoms with E-state index >= 15 is 0 Å². The topological polar surface area (TPSA) is 68.3 Å². The number of carbonyl (C=O) groups excluding carboxylic acids is 1. The lowest BCUT2D eigenvalue weighted by molar-refractivity contribution is -0.376. The van der Waals surface area contributed by atoms with Crippen molar-refractivity contribution < 1.29 is 14.5 Å². The molecular formula is C8H14N3O2+. The third-order valence-electron chi connectivity index (χ3n) is 1.86. The minimum atomic E-state index is -0.294. The maximum Gasteiger partial charge on any atom is 0.323 e. The molecule has 3 N–H and O–H groups in total. The molecule has 1 aromatic rings. The lowest BCUT2D eigenvalue weighted by atomic mass is 10.2. The van der Waals surface area contributed by atoms with E-state index < -0.39 is 0 Å². The molecule has 1 unspecified atom stereocenters. The molecule has 0 aromatic carbocycles. The van der Waals surface area contributed by atoms with Crippen LogP contribution in [0, 0.1) is 0 Å². The number of ether oxygens (including phenoxy) is 1. The van der Waals surface area contributed by atoms with Gasteiger partial charge < -0.3 is 10.1 Å². The summed E-state index contributed by atoms with van der Waals surface area (Å²) in [5.41, 5.74) is 0.963. The van der Waals surface area contributed by atoms with Gasteiger partial charge in [-0.25, -0.2) is 4.98 Å². The smallest absolute Gasteiger partial charge is 0.323 e. The predicted octanol–water partition coefficient (Wildman–Crippen LogP) is -0.868. The van der Waals surface area contributed by atoms with Crippen molar-refractivity contribution in [3.05, 3.63) is 18.2 Å². The number of H-pyrrole nitrogens is 2. The summed E-state index contributed by atoms with van der Waals surface area (Å²) >= 11 is 0. The summed E-state index contributed by atoms with van der Waals surface area (Å²) < 4.78 is 4.63. The van der Waals surface area contributed by atoms with Gasteiger partial charge in [-0.15, -0.1) is 0 Å². The molecule has 1 heterocycles. The number of methoxy groups -OCH3 is 1. The van der Waals surface area contributed by atoms with E-state index in [0.29, 0.717) is 6.42 Å². The van der Waals surface area contributed by atoms with Crippen molar-refractivity contribution in [2.75, 3.05) is 14.2 Å². The molecule has 0 bridgehead atoms. The quantitative estimate of drug-likeness (QED) is 0.598. The SMILES string of the molecule is CNC(Cc1c[nH+]c[nH]1)C(=O)OC. The Morgan fingerprint density at radius 3 is 3.08 bits per heavy atom. The fourth-order valence-corrected chi connectivity index (χ4v) is 1.10. The molecule has 5 nitrogen and oxygen atoms in total. The average Bonchev–Trinajstić information content (AvgIpc) is 2.65. The number of hydrogen-bond acceptors (Lipinski definition) is 3. The second-order valence-corrected chi connectivity index (χ2v) is 2.69. The van der Waals surface area contributed by atoms with Gasteiger partial charge in [0.05, 0.1) is 7.11 Å². The standard InChI is InChI=1S/C8H13N3O2/c1-9-7(8(12)13-2)3-6-4-10-5-11-6/h4-5,7,9H,3H2,1-2H3,(H,10,11)/p+1. The number of imidazole rings is 1. The number of aromatic nitrogens is 2. The highest BCUT2D eigenvalue weighted by atomic mass is 16.5. The van der Waals surface area contributed by atoms with Crippen LogP contribution in [0.15, 0.2) is 12.5 Å². The Labute approximate surface area is 76.5 Å². The zero-order chi connectivity index (χ0) is 9.68. The summed E-state index contributed by atoms with van der Waals surface area (Å²) in [4.78, 5) is 17.0. The Hall–Kier alpha value is -1.36. The Morgan fingerprint density at radius 2 is 2.62 bits per heavy atom. The molecule has 0 aliphatic heterocycles. The van der Waals surface area contributed by atoms with Crippen LogP contribution in [0.5, 0.6) is 0 Å². The first-order valence-corrected chi connectivity index (χ1v) is 4.06. The number of rotatable bonds is 4. The molecule has 0 saturated carbocycles. The lowest BCUT2D eigenvalue weighted by Crippen LogP contribution is -2.37. The minimum Gasteiger partial charge on any atom is -0.468 e. The van der Waals surface area contributed by atoms with Crippen molar-refractivity contribution in [3.8, 4) is 0 Å². The number of esters is 1. The molecule has 1 atom stereocenters. The van der Waals surface area contributed by atoms with E-state index in [-0.39, 0.29) is 12.0 Å². The van der Waals surface area contributed by atoms with E-state index in [2.05, 4.69) is 20.0 Å². The molecule has 72 valence electrons. The number of likely N-dealkylation sites (N-methyl/N-ethyl adjacent to an activating group) is 1. The highest BCUT2D eigenvalue weighted by Gasteiger charge is 2.19. The van der Waals surface area contributed by atoms with Gasteiger partial charge in [0.25, 0.3) is 0 Å². The van der Waals surface area contributed by atoms with Crippen molar-refractivity contribution in [1.29, 1.82) is 0 Å². The van der Waals surface area contributed by atoms with Crippen molar-refractivity contribution in [2.45, 2.75) is 12.5 Å². The highest BCUT2D eigenvalue weighted by molar-refractivity contribution is 5.75. The molecule has 1 aromatic heterocycles. The molecule has 0 aliphatic carbocycles. The van der Waals surface area contributed by atoms with Gasteiger partial charge in [0, 0.05) is 6.42 Å². The first-order chi connectivity index (χ1) is 6.27. The molecule has 0 saturated heterocycles. The molecule has 5 heteroatoms. The van der Waals surface area contributed by atoms with Gasteiger partial charge in [-0.2, -0.15) is 0 Å². The Morgan fingerprint density at radius 1 is 1.85 bits per heavy atom. The highest BCUT2D eigenvalue weighted by Crippen LogP contribution is 1.97. The second kappa shape index (κ2) is 4.61. The van der Waals surface area contributed by atoms with Gasteiger partial charge in [-0.05, 0) is 7.05 Å². The molecule has 0 fully saturated rings. The third-order valence-corrected chi connectivity index (χ3v) is 1.86. The summed E-state index contributed by atoms with van der Waals surface area (Å²) in [6, 6.07) is -0.294. The van der Waals surface area contributed by atoms with Gasteiger partial charge in [-0.3, -0.25) is 9.78 Å². The number of nitrogens with one attached hydrogen (secondary N) is 3. The van der Waals surface area contributed by atoms with Crippen molar-refractivity contribution >= 4 is 5.97 Å². The summed E-state index contributed by atoms with van der Waals surface area (Å²) in [5, 5.41) is 2.88. The van der Waals surface area contributed by atoms with Gasteiger partial charge >= 0.3 is 5.97 Å². The third kappa shape index (κ3) is 2.55. The van der Waals surface area contributed by atoms with Crippen LogP contribution >= 0.6 is 0 Å². The van der Waals surface area contributed by atoms with Crippen molar-refractivity contribution in [2.24, 2.45) is 0 Å². The van der Waals surface area contributed by atoms with Crippen LogP contribution in [0.4, 0.5) is 0 Å². The van der Waals surface area contributed by atoms with Crippen molar-refractivity contribution in [3.63, 3.8) is 0 Å². The zero-order valence-electron chi connectivity index (χ0n) is 7.76. The maximum atomic E-state index is 11.2.